The van der Waals surface area contributed by atoms with Crippen LogP contribution >= 0.6 is 27.5 Å². The largest absolute Gasteiger partial charge is 0.443 e. The molecule has 3 rings (SSSR count). The minimum absolute atomic E-state index is 0.654. The van der Waals surface area contributed by atoms with E-state index in [4.69, 9.17) is 10.5 Å². The van der Waals surface area contributed by atoms with E-state index in [0.29, 0.717) is 11.4 Å². The van der Waals surface area contributed by atoms with Crippen LogP contribution in [0.15, 0.2) is 46.9 Å². The highest BCUT2D eigenvalue weighted by Gasteiger charge is 2.10. The standard InChI is InChI=1S/C13H9BrN2OS/c14-12-9(15)5-3-7-11(12)17-13-8-4-1-2-6-10(8)16-18-13/h1-7H,15H2. The molecule has 0 aliphatic rings. The summed E-state index contributed by atoms with van der Waals surface area (Å²) in [6, 6.07) is 13.4. The average Bonchev–Trinajstić information content (AvgIpc) is 2.79. The summed E-state index contributed by atoms with van der Waals surface area (Å²) < 4.78 is 11.0. The van der Waals surface area contributed by atoms with Crippen LogP contribution in [0, 0.1) is 0 Å². The van der Waals surface area contributed by atoms with Crippen molar-refractivity contribution in [1.82, 2.24) is 4.37 Å². The molecule has 2 aromatic carbocycles. The number of benzene rings is 2. The topological polar surface area (TPSA) is 48.1 Å². The van der Waals surface area contributed by atoms with Crippen molar-refractivity contribution in [2.45, 2.75) is 0 Å². The number of anilines is 1. The molecule has 0 aliphatic heterocycles. The third-order valence-electron chi connectivity index (χ3n) is 2.55. The molecule has 0 radical (unpaired) electrons. The molecule has 1 aromatic heterocycles. The number of hydrogen-bond acceptors (Lipinski definition) is 4. The van der Waals surface area contributed by atoms with Crippen LogP contribution in [0.1, 0.15) is 0 Å². The summed E-state index contributed by atoms with van der Waals surface area (Å²) in [5, 5.41) is 1.79. The second-order valence-corrected chi connectivity index (χ2v) is 5.28. The Balaban J connectivity index is 2.04. The van der Waals surface area contributed by atoms with E-state index in [-0.39, 0.29) is 0 Å². The van der Waals surface area contributed by atoms with Crippen molar-refractivity contribution in [1.29, 1.82) is 0 Å². The molecule has 0 atom stereocenters. The molecule has 0 aliphatic carbocycles. The summed E-state index contributed by atoms with van der Waals surface area (Å²) >= 11 is 4.76. The third kappa shape index (κ3) is 1.95. The molecule has 0 saturated carbocycles. The van der Waals surface area contributed by atoms with E-state index in [1.54, 1.807) is 0 Å². The smallest absolute Gasteiger partial charge is 0.207 e. The molecule has 0 saturated heterocycles. The van der Waals surface area contributed by atoms with Gasteiger partial charge in [-0.15, -0.1) is 0 Å². The lowest BCUT2D eigenvalue weighted by Gasteiger charge is -2.07. The Kier molecular flexibility index (Phi) is 2.93. The second kappa shape index (κ2) is 4.59. The summed E-state index contributed by atoms with van der Waals surface area (Å²) in [5.41, 5.74) is 7.42. The van der Waals surface area contributed by atoms with Crippen molar-refractivity contribution in [3.63, 3.8) is 0 Å². The number of rotatable bonds is 2. The maximum absolute atomic E-state index is 5.87. The summed E-state index contributed by atoms with van der Waals surface area (Å²) in [4.78, 5) is 0. The molecule has 0 amide bonds. The number of nitrogen functional groups attached to an aromatic ring is 1. The van der Waals surface area contributed by atoms with Gasteiger partial charge >= 0.3 is 0 Å². The van der Waals surface area contributed by atoms with Gasteiger partial charge < -0.3 is 10.5 Å². The van der Waals surface area contributed by atoms with Crippen molar-refractivity contribution in [2.75, 3.05) is 5.73 Å². The van der Waals surface area contributed by atoms with Gasteiger partial charge in [0.1, 0.15) is 5.75 Å². The van der Waals surface area contributed by atoms with Crippen LogP contribution in [0.25, 0.3) is 10.9 Å². The van der Waals surface area contributed by atoms with Gasteiger partial charge in [0.15, 0.2) is 0 Å². The molecule has 0 spiro atoms. The van der Waals surface area contributed by atoms with Crippen LogP contribution in [0.4, 0.5) is 5.69 Å². The van der Waals surface area contributed by atoms with Crippen LogP contribution in [-0.4, -0.2) is 4.37 Å². The van der Waals surface area contributed by atoms with E-state index in [1.807, 2.05) is 42.5 Å². The third-order valence-corrected chi connectivity index (χ3v) is 4.15. The van der Waals surface area contributed by atoms with E-state index in [2.05, 4.69) is 20.3 Å². The summed E-state index contributed by atoms with van der Waals surface area (Å²) in [5.74, 6) is 0.699. The van der Waals surface area contributed by atoms with Gasteiger partial charge in [-0.2, -0.15) is 4.37 Å². The monoisotopic (exact) mass is 320 g/mol. The fraction of sp³-hybridized carbons (Fsp3) is 0. The first-order valence-corrected chi connectivity index (χ1v) is 6.88. The minimum atomic E-state index is 0.654. The highest BCUT2D eigenvalue weighted by atomic mass is 79.9. The zero-order chi connectivity index (χ0) is 12.5. The van der Waals surface area contributed by atoms with Crippen LogP contribution in [0.5, 0.6) is 10.8 Å². The molecular weight excluding hydrogens is 312 g/mol. The van der Waals surface area contributed by atoms with E-state index in [9.17, 15) is 0 Å². The molecule has 2 N–H and O–H groups in total. The molecule has 0 unspecified atom stereocenters. The number of halogens is 1. The number of nitrogens with two attached hydrogens (primary N) is 1. The van der Waals surface area contributed by atoms with Crippen molar-refractivity contribution >= 4 is 44.1 Å². The highest BCUT2D eigenvalue weighted by Crippen LogP contribution is 2.38. The van der Waals surface area contributed by atoms with Crippen LogP contribution in [0.3, 0.4) is 0 Å². The Morgan fingerprint density at radius 3 is 2.83 bits per heavy atom. The minimum Gasteiger partial charge on any atom is -0.443 e. The number of fused-ring (bicyclic) bond motifs is 1. The average molecular weight is 321 g/mol. The molecule has 0 bridgehead atoms. The van der Waals surface area contributed by atoms with Gasteiger partial charge in [0, 0.05) is 17.2 Å². The van der Waals surface area contributed by atoms with Gasteiger partial charge in [-0.3, -0.25) is 0 Å². The SMILES string of the molecule is Nc1cccc(Oc2snc3ccccc23)c1Br. The Hall–Kier alpha value is -1.59. The van der Waals surface area contributed by atoms with Crippen LogP contribution in [0.2, 0.25) is 0 Å². The van der Waals surface area contributed by atoms with E-state index >= 15 is 0 Å². The number of hydrogen-bond donors (Lipinski definition) is 1. The molecule has 5 heteroatoms. The van der Waals surface area contributed by atoms with Gasteiger partial charge in [0.25, 0.3) is 0 Å². The number of aromatic nitrogens is 1. The van der Waals surface area contributed by atoms with E-state index < -0.39 is 0 Å². The maximum atomic E-state index is 5.87. The molecule has 3 nitrogen and oxygen atoms in total. The van der Waals surface area contributed by atoms with Gasteiger partial charge in [-0.05, 0) is 40.2 Å². The number of nitrogens with zero attached hydrogens (tertiary/aromatic N) is 1. The number of ether oxygens (including phenoxy) is 1. The van der Waals surface area contributed by atoms with Gasteiger partial charge in [0.05, 0.1) is 15.4 Å². The van der Waals surface area contributed by atoms with Crippen molar-refractivity contribution in [2.24, 2.45) is 0 Å². The lowest BCUT2D eigenvalue weighted by atomic mass is 10.2. The highest BCUT2D eigenvalue weighted by molar-refractivity contribution is 9.10. The Labute approximate surface area is 116 Å². The predicted molar refractivity (Wildman–Crippen MR) is 78.2 cm³/mol. The van der Waals surface area contributed by atoms with Crippen LogP contribution in [-0.2, 0) is 0 Å². The fourth-order valence-electron chi connectivity index (χ4n) is 1.65. The summed E-state index contributed by atoms with van der Waals surface area (Å²) in [6.45, 7) is 0. The molecule has 18 heavy (non-hydrogen) atoms. The zero-order valence-electron chi connectivity index (χ0n) is 9.26. The summed E-state index contributed by atoms with van der Waals surface area (Å²) in [6.07, 6.45) is 0. The lowest BCUT2D eigenvalue weighted by Crippen LogP contribution is -1.89. The van der Waals surface area contributed by atoms with Crippen molar-refractivity contribution < 1.29 is 4.74 Å². The van der Waals surface area contributed by atoms with Gasteiger partial charge in [0.2, 0.25) is 5.06 Å². The molecule has 90 valence electrons. The van der Waals surface area contributed by atoms with Crippen molar-refractivity contribution in [3.05, 3.63) is 46.9 Å². The Morgan fingerprint density at radius 2 is 1.94 bits per heavy atom. The first kappa shape index (κ1) is 11.5. The molecule has 1 heterocycles. The van der Waals surface area contributed by atoms with E-state index in [1.165, 1.54) is 11.5 Å². The Morgan fingerprint density at radius 1 is 1.11 bits per heavy atom. The van der Waals surface area contributed by atoms with E-state index in [0.717, 1.165) is 20.4 Å². The fourth-order valence-corrected chi connectivity index (χ4v) is 2.73. The van der Waals surface area contributed by atoms with Crippen LogP contribution < -0.4 is 10.5 Å². The molecule has 3 aromatic rings. The Bertz CT molecular complexity index is 711. The normalized spacial score (nSPS) is 10.7. The molecular formula is C13H9BrN2OS. The predicted octanol–water partition coefficient (Wildman–Crippen LogP) is 4.43. The van der Waals surface area contributed by atoms with Crippen molar-refractivity contribution in [3.8, 4) is 10.8 Å². The summed E-state index contributed by atoms with van der Waals surface area (Å²) in [7, 11) is 0. The van der Waals surface area contributed by atoms with Gasteiger partial charge in [-0.1, -0.05) is 18.2 Å². The lowest BCUT2D eigenvalue weighted by molar-refractivity contribution is 0.498. The van der Waals surface area contributed by atoms with Gasteiger partial charge in [-0.25, -0.2) is 0 Å². The second-order valence-electron chi connectivity index (χ2n) is 3.75. The quantitative estimate of drug-likeness (QED) is 0.710. The first-order valence-electron chi connectivity index (χ1n) is 5.32. The first-order chi connectivity index (χ1) is 8.75. The zero-order valence-corrected chi connectivity index (χ0v) is 11.7. The molecule has 0 fully saturated rings. The maximum Gasteiger partial charge on any atom is 0.207 e.